The summed E-state index contributed by atoms with van der Waals surface area (Å²) in [5, 5.41) is 6.16. The highest BCUT2D eigenvalue weighted by molar-refractivity contribution is 7.93. The van der Waals surface area contributed by atoms with E-state index in [1.807, 2.05) is 18.2 Å². The van der Waals surface area contributed by atoms with Crippen molar-refractivity contribution in [2.24, 2.45) is 0 Å². The van der Waals surface area contributed by atoms with Gasteiger partial charge in [0.05, 0.1) is 10.6 Å². The largest absolute Gasteiger partial charge is 0.337 e. The second kappa shape index (κ2) is 5.80. The van der Waals surface area contributed by atoms with E-state index in [-0.39, 0.29) is 12.4 Å². The molecule has 0 N–H and O–H groups in total. The second-order valence-electron chi connectivity index (χ2n) is 6.16. The number of benzene rings is 3. The molecule has 0 fully saturated rings. The van der Waals surface area contributed by atoms with Crippen LogP contribution in [0.2, 0.25) is 5.02 Å². The summed E-state index contributed by atoms with van der Waals surface area (Å²) in [7, 11) is -3.67. The lowest BCUT2D eigenvalue weighted by molar-refractivity contribution is 0.380. The molecule has 2 heterocycles. The van der Waals surface area contributed by atoms with Crippen LogP contribution in [0.1, 0.15) is 5.89 Å². The van der Waals surface area contributed by atoms with E-state index < -0.39 is 10.0 Å². The van der Waals surface area contributed by atoms with Gasteiger partial charge in [-0.1, -0.05) is 41.0 Å². The van der Waals surface area contributed by atoms with E-state index in [0.29, 0.717) is 21.4 Å². The lowest BCUT2D eigenvalue weighted by atomic mass is 10.1. The van der Waals surface area contributed by atoms with Gasteiger partial charge in [-0.15, -0.1) is 0 Å². The van der Waals surface area contributed by atoms with Crippen molar-refractivity contribution < 1.29 is 12.9 Å². The third-order valence-corrected chi connectivity index (χ3v) is 6.58. The predicted molar refractivity (Wildman–Crippen MR) is 102 cm³/mol. The Bertz CT molecular complexity index is 1280. The number of anilines is 1. The number of hydrogen-bond donors (Lipinski definition) is 0. The zero-order chi connectivity index (χ0) is 18.6. The average molecular weight is 398 g/mol. The molecule has 1 aromatic heterocycles. The summed E-state index contributed by atoms with van der Waals surface area (Å²) >= 11 is 5.89. The zero-order valence-electron chi connectivity index (χ0n) is 13.8. The van der Waals surface area contributed by atoms with Gasteiger partial charge in [0.2, 0.25) is 11.7 Å². The van der Waals surface area contributed by atoms with Gasteiger partial charge in [0.15, 0.2) is 0 Å². The van der Waals surface area contributed by atoms with Crippen LogP contribution in [-0.2, 0) is 16.6 Å². The summed E-state index contributed by atoms with van der Waals surface area (Å²) < 4.78 is 32.6. The van der Waals surface area contributed by atoms with Gasteiger partial charge in [-0.2, -0.15) is 4.98 Å². The number of aromatic nitrogens is 2. The van der Waals surface area contributed by atoms with Crippen molar-refractivity contribution >= 4 is 38.1 Å². The zero-order valence-corrected chi connectivity index (χ0v) is 15.4. The minimum atomic E-state index is -3.67. The first-order chi connectivity index (χ1) is 13.0. The van der Waals surface area contributed by atoms with E-state index in [2.05, 4.69) is 10.1 Å². The van der Waals surface area contributed by atoms with E-state index in [0.717, 1.165) is 16.3 Å². The third-order valence-electron chi connectivity index (χ3n) is 4.53. The van der Waals surface area contributed by atoms with E-state index in [4.69, 9.17) is 16.1 Å². The molecule has 0 atom stereocenters. The van der Waals surface area contributed by atoms with Gasteiger partial charge in [0, 0.05) is 16.0 Å². The molecule has 1 aliphatic rings. The number of hydrogen-bond acceptors (Lipinski definition) is 5. The molecule has 1 aliphatic heterocycles. The van der Waals surface area contributed by atoms with Crippen molar-refractivity contribution in [3.8, 4) is 11.4 Å². The van der Waals surface area contributed by atoms with Crippen molar-refractivity contribution in [2.75, 3.05) is 4.31 Å². The highest BCUT2D eigenvalue weighted by atomic mass is 35.5. The van der Waals surface area contributed by atoms with Crippen LogP contribution in [-0.4, -0.2) is 18.6 Å². The molecule has 5 rings (SSSR count). The molecule has 6 nitrogen and oxygen atoms in total. The fourth-order valence-corrected chi connectivity index (χ4v) is 5.07. The fourth-order valence-electron chi connectivity index (χ4n) is 3.29. The number of rotatable bonds is 3. The third kappa shape index (κ3) is 2.50. The summed E-state index contributed by atoms with van der Waals surface area (Å²) in [6.45, 7) is -0.0310. The van der Waals surface area contributed by atoms with Crippen molar-refractivity contribution in [3.05, 3.63) is 71.6 Å². The molecule has 0 radical (unpaired) electrons. The maximum Gasteiger partial charge on any atom is 0.265 e. The molecule has 3 aromatic carbocycles. The fraction of sp³-hybridized carbons (Fsp3) is 0.0526. The smallest absolute Gasteiger partial charge is 0.265 e. The minimum Gasteiger partial charge on any atom is -0.337 e. The molecular formula is C19H12ClN3O3S. The van der Waals surface area contributed by atoms with Gasteiger partial charge in [0.1, 0.15) is 6.54 Å². The maximum absolute atomic E-state index is 13.0. The highest BCUT2D eigenvalue weighted by Crippen LogP contribution is 2.42. The van der Waals surface area contributed by atoms with Crippen molar-refractivity contribution in [1.82, 2.24) is 10.1 Å². The van der Waals surface area contributed by atoms with Gasteiger partial charge < -0.3 is 4.52 Å². The van der Waals surface area contributed by atoms with E-state index >= 15 is 0 Å². The standard InChI is InChI=1S/C19H12ClN3O3S/c20-14-9-7-13(8-10-14)19-21-17(26-22-19)11-23-15-5-1-3-12-4-2-6-16(18(12)15)27(23,24)25/h1-10H,11H2. The summed E-state index contributed by atoms with van der Waals surface area (Å²) in [4.78, 5) is 4.64. The molecule has 0 spiro atoms. The van der Waals surface area contributed by atoms with E-state index in [1.54, 1.807) is 42.5 Å². The van der Waals surface area contributed by atoms with Gasteiger partial charge in [0.25, 0.3) is 10.0 Å². The van der Waals surface area contributed by atoms with Crippen molar-refractivity contribution in [3.63, 3.8) is 0 Å². The Labute approximate surface area is 160 Å². The van der Waals surface area contributed by atoms with Crippen LogP contribution in [0.4, 0.5) is 5.69 Å². The van der Waals surface area contributed by atoms with Crippen LogP contribution in [0.25, 0.3) is 22.2 Å². The number of sulfonamides is 1. The summed E-state index contributed by atoms with van der Waals surface area (Å²) in [5.41, 5.74) is 1.36. The topological polar surface area (TPSA) is 76.3 Å². The Morgan fingerprint density at radius 3 is 2.52 bits per heavy atom. The van der Waals surface area contributed by atoms with Crippen LogP contribution in [0.3, 0.4) is 0 Å². The van der Waals surface area contributed by atoms with Crippen LogP contribution in [0.5, 0.6) is 0 Å². The molecule has 27 heavy (non-hydrogen) atoms. The summed E-state index contributed by atoms with van der Waals surface area (Å²) in [6, 6.07) is 17.8. The molecule has 0 saturated carbocycles. The molecule has 0 bridgehead atoms. The molecule has 0 unspecified atom stereocenters. The average Bonchev–Trinajstić information content (AvgIpc) is 3.21. The van der Waals surface area contributed by atoms with Crippen LogP contribution in [0, 0.1) is 0 Å². The van der Waals surface area contributed by atoms with Crippen LogP contribution in [0.15, 0.2) is 70.1 Å². The molecule has 0 aliphatic carbocycles. The van der Waals surface area contributed by atoms with Crippen molar-refractivity contribution in [1.29, 1.82) is 0 Å². The second-order valence-corrected chi connectivity index (χ2v) is 8.43. The van der Waals surface area contributed by atoms with Crippen LogP contribution < -0.4 is 4.31 Å². The molecule has 0 amide bonds. The lowest BCUT2D eigenvalue weighted by Crippen LogP contribution is -2.26. The summed E-state index contributed by atoms with van der Waals surface area (Å²) in [6.07, 6.45) is 0. The Morgan fingerprint density at radius 2 is 1.74 bits per heavy atom. The Kier molecular flexibility index (Phi) is 3.50. The van der Waals surface area contributed by atoms with Gasteiger partial charge in [-0.3, -0.25) is 4.31 Å². The lowest BCUT2D eigenvalue weighted by Gasteiger charge is -2.16. The quantitative estimate of drug-likeness (QED) is 0.516. The highest BCUT2D eigenvalue weighted by Gasteiger charge is 2.36. The Hall–Kier alpha value is -2.90. The normalized spacial score (nSPS) is 14.8. The monoisotopic (exact) mass is 397 g/mol. The molecule has 0 saturated heterocycles. The van der Waals surface area contributed by atoms with Gasteiger partial charge in [-0.05, 0) is 41.8 Å². The SMILES string of the molecule is O=S1(=O)c2cccc3cccc(c23)N1Cc1nc(-c2ccc(Cl)cc2)no1. The first-order valence-corrected chi connectivity index (χ1v) is 9.99. The molecule has 134 valence electrons. The summed E-state index contributed by atoms with van der Waals surface area (Å²) in [5.74, 6) is 0.599. The van der Waals surface area contributed by atoms with E-state index in [9.17, 15) is 8.42 Å². The van der Waals surface area contributed by atoms with E-state index in [1.165, 1.54) is 4.31 Å². The number of halogens is 1. The molecular weight excluding hydrogens is 386 g/mol. The minimum absolute atomic E-state index is 0.0310. The molecule has 4 aromatic rings. The predicted octanol–water partition coefficient (Wildman–Crippen LogP) is 4.25. The molecule has 8 heteroatoms. The van der Waals surface area contributed by atoms with Crippen molar-refractivity contribution in [2.45, 2.75) is 11.4 Å². The van der Waals surface area contributed by atoms with Gasteiger partial charge in [-0.25, -0.2) is 8.42 Å². The Balaban J connectivity index is 1.54. The Morgan fingerprint density at radius 1 is 1.00 bits per heavy atom. The van der Waals surface area contributed by atoms with Crippen LogP contribution >= 0.6 is 11.6 Å². The van der Waals surface area contributed by atoms with Gasteiger partial charge >= 0.3 is 0 Å². The number of nitrogens with zero attached hydrogens (tertiary/aromatic N) is 3. The first kappa shape index (κ1) is 16.3. The first-order valence-electron chi connectivity index (χ1n) is 8.17. The maximum atomic E-state index is 13.0.